The van der Waals surface area contributed by atoms with Crippen molar-refractivity contribution in [2.75, 3.05) is 0 Å². The molecule has 0 unspecified atom stereocenters. The van der Waals surface area contributed by atoms with Gasteiger partial charge in [0, 0.05) is 11.8 Å². The van der Waals surface area contributed by atoms with Crippen LogP contribution in [0.5, 0.6) is 0 Å². The second kappa shape index (κ2) is 7.41. The lowest BCUT2D eigenvalue weighted by Gasteiger charge is -2.34. The molecule has 27 heavy (non-hydrogen) atoms. The Labute approximate surface area is 165 Å². The van der Waals surface area contributed by atoms with E-state index in [1.165, 1.54) is 74.5 Å². The predicted octanol–water partition coefficient (Wildman–Crippen LogP) is 7.65. The average Bonchev–Trinajstić information content (AvgIpc) is 2.69. The third-order valence-corrected chi connectivity index (χ3v) is 7.43. The van der Waals surface area contributed by atoms with Crippen LogP contribution in [-0.4, -0.2) is 4.98 Å². The highest BCUT2D eigenvalue weighted by atomic mass is 14.7. The quantitative estimate of drug-likeness (QED) is 0.547. The summed E-state index contributed by atoms with van der Waals surface area (Å²) in [5.41, 5.74) is 6.20. The standard InChI is InChI=1S/C26H35N/c1-25(2)17-13-20(14-18-25)22-9-12-24(27-19-22)21-7-10-23(11-8-21)26(3)15-5-4-6-16-26/h7-12,19-20H,4-6,13-18H2,1-3H3. The third-order valence-electron chi connectivity index (χ3n) is 7.43. The maximum atomic E-state index is 4.82. The van der Waals surface area contributed by atoms with Crippen LogP contribution in [0.4, 0.5) is 0 Å². The summed E-state index contributed by atoms with van der Waals surface area (Å²) in [6.07, 6.45) is 14.2. The van der Waals surface area contributed by atoms with Crippen molar-refractivity contribution < 1.29 is 0 Å². The van der Waals surface area contributed by atoms with Crippen molar-refractivity contribution in [3.05, 3.63) is 53.7 Å². The van der Waals surface area contributed by atoms with Gasteiger partial charge in [-0.25, -0.2) is 0 Å². The second-order valence-electron chi connectivity index (χ2n) is 10.1. The van der Waals surface area contributed by atoms with Gasteiger partial charge in [-0.1, -0.05) is 70.4 Å². The highest BCUT2D eigenvalue weighted by Crippen LogP contribution is 2.42. The van der Waals surface area contributed by atoms with Crippen LogP contribution >= 0.6 is 0 Å². The van der Waals surface area contributed by atoms with Gasteiger partial charge in [-0.05, 0) is 72.5 Å². The van der Waals surface area contributed by atoms with Crippen molar-refractivity contribution in [3.63, 3.8) is 0 Å². The molecule has 4 rings (SSSR count). The normalized spacial score (nSPS) is 22.5. The second-order valence-corrected chi connectivity index (χ2v) is 10.1. The molecular weight excluding hydrogens is 326 g/mol. The van der Waals surface area contributed by atoms with Gasteiger partial charge in [-0.3, -0.25) is 4.98 Å². The van der Waals surface area contributed by atoms with E-state index in [1.54, 1.807) is 0 Å². The van der Waals surface area contributed by atoms with Gasteiger partial charge in [0.05, 0.1) is 5.69 Å². The molecule has 0 bridgehead atoms. The zero-order chi connectivity index (χ0) is 18.9. The number of hydrogen-bond donors (Lipinski definition) is 0. The number of rotatable bonds is 3. The number of pyridine rings is 1. The molecule has 2 aliphatic rings. The number of nitrogens with zero attached hydrogens (tertiary/aromatic N) is 1. The van der Waals surface area contributed by atoms with Crippen LogP contribution in [0.1, 0.15) is 95.6 Å². The van der Waals surface area contributed by atoms with Crippen LogP contribution < -0.4 is 0 Å². The van der Waals surface area contributed by atoms with Gasteiger partial charge < -0.3 is 0 Å². The molecular formula is C26H35N. The third kappa shape index (κ3) is 4.13. The Kier molecular flexibility index (Phi) is 5.14. The first-order valence-electron chi connectivity index (χ1n) is 11.0. The smallest absolute Gasteiger partial charge is 0.0702 e. The largest absolute Gasteiger partial charge is 0.256 e. The van der Waals surface area contributed by atoms with Crippen molar-refractivity contribution in [2.45, 2.75) is 89.9 Å². The summed E-state index contributed by atoms with van der Waals surface area (Å²) in [6, 6.07) is 13.8. The highest BCUT2D eigenvalue weighted by Gasteiger charge is 2.29. The van der Waals surface area contributed by atoms with Crippen molar-refractivity contribution in [3.8, 4) is 11.3 Å². The van der Waals surface area contributed by atoms with E-state index in [9.17, 15) is 0 Å². The fraction of sp³-hybridized carbons (Fsp3) is 0.577. The molecule has 1 heterocycles. The van der Waals surface area contributed by atoms with Gasteiger partial charge in [0.25, 0.3) is 0 Å². The van der Waals surface area contributed by atoms with E-state index in [4.69, 9.17) is 4.98 Å². The molecule has 1 aromatic carbocycles. The Bertz CT molecular complexity index is 738. The van der Waals surface area contributed by atoms with Crippen molar-refractivity contribution >= 4 is 0 Å². The number of hydrogen-bond acceptors (Lipinski definition) is 1. The first-order valence-corrected chi connectivity index (χ1v) is 11.0. The lowest BCUT2D eigenvalue weighted by Crippen LogP contribution is -2.24. The highest BCUT2D eigenvalue weighted by molar-refractivity contribution is 5.60. The van der Waals surface area contributed by atoms with Crippen molar-refractivity contribution in [1.82, 2.24) is 4.98 Å². The molecule has 2 aliphatic carbocycles. The fourth-order valence-corrected chi connectivity index (χ4v) is 5.21. The molecule has 0 radical (unpaired) electrons. The molecule has 1 aromatic heterocycles. The van der Waals surface area contributed by atoms with E-state index in [0.29, 0.717) is 16.7 Å². The van der Waals surface area contributed by atoms with Crippen LogP contribution in [0.2, 0.25) is 0 Å². The van der Waals surface area contributed by atoms with Gasteiger partial charge in [-0.2, -0.15) is 0 Å². The minimum atomic E-state index is 0.378. The maximum absolute atomic E-state index is 4.82. The monoisotopic (exact) mass is 361 g/mol. The van der Waals surface area contributed by atoms with Gasteiger partial charge in [-0.15, -0.1) is 0 Å². The first kappa shape index (κ1) is 18.7. The summed E-state index contributed by atoms with van der Waals surface area (Å²) in [4.78, 5) is 4.82. The van der Waals surface area contributed by atoms with Crippen LogP contribution in [0.3, 0.4) is 0 Å². The molecule has 0 atom stereocenters. The van der Waals surface area contributed by atoms with E-state index < -0.39 is 0 Å². The lowest BCUT2D eigenvalue weighted by atomic mass is 9.71. The molecule has 0 saturated heterocycles. The van der Waals surface area contributed by atoms with Crippen molar-refractivity contribution in [2.24, 2.45) is 5.41 Å². The Morgan fingerprint density at radius 3 is 2.04 bits per heavy atom. The van der Waals surface area contributed by atoms with E-state index in [-0.39, 0.29) is 0 Å². The summed E-state index contributed by atoms with van der Waals surface area (Å²) in [6.45, 7) is 7.25. The van der Waals surface area contributed by atoms with Gasteiger partial charge in [0.2, 0.25) is 0 Å². The summed E-state index contributed by atoms with van der Waals surface area (Å²) in [7, 11) is 0. The van der Waals surface area contributed by atoms with Crippen LogP contribution in [-0.2, 0) is 5.41 Å². The predicted molar refractivity (Wildman–Crippen MR) is 115 cm³/mol. The SMILES string of the molecule is CC1(C)CCC(c2ccc(-c3ccc(C4(C)CCCCC4)cc3)nc2)CC1. The fourth-order valence-electron chi connectivity index (χ4n) is 5.21. The minimum absolute atomic E-state index is 0.378. The maximum Gasteiger partial charge on any atom is 0.0702 e. The molecule has 1 heteroatoms. The number of benzene rings is 1. The molecule has 2 aromatic rings. The van der Waals surface area contributed by atoms with E-state index in [1.807, 2.05) is 0 Å². The Morgan fingerprint density at radius 1 is 0.778 bits per heavy atom. The van der Waals surface area contributed by atoms with Crippen LogP contribution in [0, 0.1) is 5.41 Å². The van der Waals surface area contributed by atoms with Gasteiger partial charge in [0.1, 0.15) is 0 Å². The number of aromatic nitrogens is 1. The molecule has 0 aliphatic heterocycles. The minimum Gasteiger partial charge on any atom is -0.256 e. The molecule has 0 amide bonds. The summed E-state index contributed by atoms with van der Waals surface area (Å²) in [5.74, 6) is 0.702. The zero-order valence-corrected chi connectivity index (χ0v) is 17.4. The topological polar surface area (TPSA) is 12.9 Å². The first-order chi connectivity index (χ1) is 13.0. The molecule has 0 N–H and O–H groups in total. The van der Waals surface area contributed by atoms with Gasteiger partial charge >= 0.3 is 0 Å². The Hall–Kier alpha value is -1.63. The Morgan fingerprint density at radius 2 is 1.44 bits per heavy atom. The summed E-state index contributed by atoms with van der Waals surface area (Å²) < 4.78 is 0. The summed E-state index contributed by atoms with van der Waals surface area (Å²) >= 11 is 0. The van der Waals surface area contributed by atoms with Gasteiger partial charge in [0.15, 0.2) is 0 Å². The average molecular weight is 362 g/mol. The van der Waals surface area contributed by atoms with E-state index in [2.05, 4.69) is 63.4 Å². The van der Waals surface area contributed by atoms with Crippen molar-refractivity contribution in [1.29, 1.82) is 0 Å². The molecule has 2 fully saturated rings. The van der Waals surface area contributed by atoms with E-state index in [0.717, 1.165) is 5.69 Å². The molecule has 0 spiro atoms. The van der Waals surface area contributed by atoms with Crippen LogP contribution in [0.25, 0.3) is 11.3 Å². The Balaban J connectivity index is 1.46. The van der Waals surface area contributed by atoms with E-state index >= 15 is 0 Å². The zero-order valence-electron chi connectivity index (χ0n) is 17.4. The molecule has 2 saturated carbocycles. The van der Waals surface area contributed by atoms with Crippen LogP contribution in [0.15, 0.2) is 42.6 Å². The summed E-state index contributed by atoms with van der Waals surface area (Å²) in [5, 5.41) is 0. The lowest BCUT2D eigenvalue weighted by molar-refractivity contribution is 0.224. The molecule has 1 nitrogen and oxygen atoms in total. The molecule has 144 valence electrons.